The van der Waals surface area contributed by atoms with Crippen LogP contribution in [0.2, 0.25) is 0 Å². The Morgan fingerprint density at radius 2 is 2.11 bits per heavy atom. The summed E-state index contributed by atoms with van der Waals surface area (Å²) in [6.45, 7) is 2.10. The molecule has 0 aliphatic heterocycles. The van der Waals surface area contributed by atoms with E-state index in [0.29, 0.717) is 5.92 Å². The van der Waals surface area contributed by atoms with Crippen LogP contribution in [0.25, 0.3) is 16.8 Å². The van der Waals surface area contributed by atoms with E-state index >= 15 is 0 Å². The van der Waals surface area contributed by atoms with Gasteiger partial charge >= 0.3 is 0 Å². The summed E-state index contributed by atoms with van der Waals surface area (Å²) in [6.07, 6.45) is 8.86. The van der Waals surface area contributed by atoms with Crippen molar-refractivity contribution < 1.29 is 0 Å². The zero-order valence-electron chi connectivity index (χ0n) is 10.3. The molecule has 5 nitrogen and oxygen atoms in total. The van der Waals surface area contributed by atoms with Crippen LogP contribution in [-0.2, 0) is 0 Å². The first-order chi connectivity index (χ1) is 8.84. The Labute approximate surface area is 104 Å². The summed E-state index contributed by atoms with van der Waals surface area (Å²) < 4.78 is 2.18. The van der Waals surface area contributed by atoms with Gasteiger partial charge in [0, 0.05) is 12.1 Å². The average molecular weight is 241 g/mol. The molecule has 3 aromatic heterocycles. The third kappa shape index (κ3) is 1.24. The van der Waals surface area contributed by atoms with Crippen LogP contribution in [0.5, 0.6) is 0 Å². The predicted molar refractivity (Wildman–Crippen MR) is 68.6 cm³/mol. The molecule has 4 rings (SSSR count). The van der Waals surface area contributed by atoms with E-state index in [-0.39, 0.29) is 0 Å². The quantitative estimate of drug-likeness (QED) is 0.712. The Balaban J connectivity index is 2.08. The number of nitrogens with zero attached hydrogens (tertiary/aromatic N) is 4. The number of rotatable bonds is 1. The highest BCUT2D eigenvalue weighted by atomic mass is 15.3. The maximum absolute atomic E-state index is 4.41. The fraction of sp³-hybridized carbons (Fsp3) is 0.462. The van der Waals surface area contributed by atoms with Crippen LogP contribution in [0.1, 0.15) is 43.0 Å². The summed E-state index contributed by atoms with van der Waals surface area (Å²) in [5.41, 5.74) is 4.09. The van der Waals surface area contributed by atoms with Crippen LogP contribution < -0.4 is 0 Å². The van der Waals surface area contributed by atoms with E-state index in [0.717, 1.165) is 22.6 Å². The normalized spacial score (nSPS) is 17.2. The summed E-state index contributed by atoms with van der Waals surface area (Å²) in [6, 6.07) is 0. The number of nitrogens with one attached hydrogen (secondary N) is 1. The zero-order valence-corrected chi connectivity index (χ0v) is 10.3. The molecular weight excluding hydrogens is 226 g/mol. The van der Waals surface area contributed by atoms with E-state index in [1.54, 1.807) is 6.20 Å². The molecule has 18 heavy (non-hydrogen) atoms. The summed E-state index contributed by atoms with van der Waals surface area (Å²) in [4.78, 5) is 7.59. The van der Waals surface area contributed by atoms with Gasteiger partial charge in [-0.3, -0.25) is 4.40 Å². The molecule has 0 radical (unpaired) electrons. The Bertz CT molecular complexity index is 717. The molecule has 0 amide bonds. The fourth-order valence-electron chi connectivity index (χ4n) is 3.07. The van der Waals surface area contributed by atoms with Gasteiger partial charge in [-0.1, -0.05) is 12.8 Å². The highest BCUT2D eigenvalue weighted by Gasteiger charge is 2.23. The van der Waals surface area contributed by atoms with E-state index in [9.17, 15) is 0 Å². The van der Waals surface area contributed by atoms with Crippen molar-refractivity contribution in [2.75, 3.05) is 0 Å². The van der Waals surface area contributed by atoms with Gasteiger partial charge in [0.25, 0.3) is 0 Å². The van der Waals surface area contributed by atoms with Gasteiger partial charge < -0.3 is 4.98 Å². The van der Waals surface area contributed by atoms with Crippen LogP contribution in [0, 0.1) is 6.92 Å². The summed E-state index contributed by atoms with van der Waals surface area (Å²) >= 11 is 0. The lowest BCUT2D eigenvalue weighted by atomic mass is 10.1. The molecule has 1 aliphatic carbocycles. The van der Waals surface area contributed by atoms with Crippen molar-refractivity contribution in [3.63, 3.8) is 0 Å². The molecule has 1 aliphatic rings. The van der Waals surface area contributed by atoms with E-state index in [1.165, 1.54) is 31.2 Å². The van der Waals surface area contributed by atoms with Crippen LogP contribution >= 0.6 is 0 Å². The SMILES string of the molecule is Cc1c[nH]c2ncc3nnc(C4CCCC4)n3c12. The zero-order chi connectivity index (χ0) is 12.1. The number of H-pyrrole nitrogens is 1. The first-order valence-corrected chi connectivity index (χ1v) is 6.52. The van der Waals surface area contributed by atoms with Crippen molar-refractivity contribution >= 4 is 16.8 Å². The summed E-state index contributed by atoms with van der Waals surface area (Å²) in [7, 11) is 0. The number of aryl methyl sites for hydroxylation is 1. The Morgan fingerprint density at radius 3 is 2.94 bits per heavy atom. The van der Waals surface area contributed by atoms with Crippen molar-refractivity contribution in [3.05, 3.63) is 23.8 Å². The van der Waals surface area contributed by atoms with E-state index in [4.69, 9.17) is 0 Å². The van der Waals surface area contributed by atoms with Crippen molar-refractivity contribution in [1.29, 1.82) is 0 Å². The van der Waals surface area contributed by atoms with Gasteiger partial charge in [-0.05, 0) is 25.3 Å². The van der Waals surface area contributed by atoms with Crippen LogP contribution in [0.3, 0.4) is 0 Å². The predicted octanol–water partition coefficient (Wildman–Crippen LogP) is 2.57. The number of aromatic amines is 1. The molecule has 0 aromatic carbocycles. The highest BCUT2D eigenvalue weighted by molar-refractivity contribution is 5.78. The lowest BCUT2D eigenvalue weighted by Crippen LogP contribution is -2.02. The minimum atomic E-state index is 0.555. The van der Waals surface area contributed by atoms with E-state index in [1.807, 2.05) is 6.20 Å². The van der Waals surface area contributed by atoms with Gasteiger partial charge in [0.2, 0.25) is 0 Å². The molecule has 0 saturated heterocycles. The second-order valence-corrected chi connectivity index (χ2v) is 5.16. The monoisotopic (exact) mass is 241 g/mol. The van der Waals surface area contributed by atoms with Crippen LogP contribution in [0.15, 0.2) is 12.4 Å². The lowest BCUT2D eigenvalue weighted by Gasteiger charge is -2.07. The summed E-state index contributed by atoms with van der Waals surface area (Å²) in [5.74, 6) is 1.66. The largest absolute Gasteiger partial charge is 0.345 e. The van der Waals surface area contributed by atoms with Gasteiger partial charge in [0.1, 0.15) is 5.82 Å². The van der Waals surface area contributed by atoms with E-state index < -0.39 is 0 Å². The van der Waals surface area contributed by atoms with Gasteiger partial charge in [-0.25, -0.2) is 4.98 Å². The Hall–Kier alpha value is -1.91. The first-order valence-electron chi connectivity index (χ1n) is 6.52. The maximum atomic E-state index is 4.41. The molecule has 0 bridgehead atoms. The van der Waals surface area contributed by atoms with E-state index in [2.05, 4.69) is 31.5 Å². The molecule has 3 heterocycles. The van der Waals surface area contributed by atoms with Crippen molar-refractivity contribution in [1.82, 2.24) is 24.6 Å². The minimum absolute atomic E-state index is 0.555. The van der Waals surface area contributed by atoms with Crippen molar-refractivity contribution in [3.8, 4) is 0 Å². The molecule has 1 fully saturated rings. The molecule has 0 atom stereocenters. The molecule has 3 aromatic rings. The minimum Gasteiger partial charge on any atom is -0.345 e. The Kier molecular flexibility index (Phi) is 1.98. The molecule has 1 saturated carbocycles. The highest BCUT2D eigenvalue weighted by Crippen LogP contribution is 2.34. The lowest BCUT2D eigenvalue weighted by molar-refractivity contribution is 0.662. The van der Waals surface area contributed by atoms with Gasteiger partial charge in [0.15, 0.2) is 11.3 Å². The van der Waals surface area contributed by atoms with Crippen molar-refractivity contribution in [2.24, 2.45) is 0 Å². The smallest absolute Gasteiger partial charge is 0.179 e. The first kappa shape index (κ1) is 10.1. The summed E-state index contributed by atoms with van der Waals surface area (Å²) in [5, 5.41) is 8.68. The molecule has 0 spiro atoms. The topological polar surface area (TPSA) is 58.9 Å². The third-order valence-electron chi connectivity index (χ3n) is 3.99. The average Bonchev–Trinajstić information content (AvgIpc) is 3.06. The number of fused-ring (bicyclic) bond motifs is 3. The molecule has 92 valence electrons. The number of aromatic nitrogens is 5. The van der Waals surface area contributed by atoms with Gasteiger partial charge in [-0.2, -0.15) is 0 Å². The maximum Gasteiger partial charge on any atom is 0.179 e. The molecule has 1 N–H and O–H groups in total. The van der Waals surface area contributed by atoms with Gasteiger partial charge in [-0.15, -0.1) is 10.2 Å². The second-order valence-electron chi connectivity index (χ2n) is 5.16. The molecule has 0 unspecified atom stereocenters. The van der Waals surface area contributed by atoms with Crippen LogP contribution in [-0.4, -0.2) is 24.6 Å². The standard InChI is InChI=1S/C13H15N5/c1-8-6-14-12-11(8)18-10(7-15-12)16-17-13(18)9-4-2-3-5-9/h6-7,9,14H,2-5H2,1H3. The Morgan fingerprint density at radius 1 is 1.28 bits per heavy atom. The second kappa shape index (κ2) is 3.54. The van der Waals surface area contributed by atoms with Crippen LogP contribution in [0.4, 0.5) is 0 Å². The number of hydrogen-bond donors (Lipinski definition) is 1. The van der Waals surface area contributed by atoms with Crippen molar-refractivity contribution in [2.45, 2.75) is 38.5 Å². The fourth-order valence-corrected chi connectivity index (χ4v) is 3.07. The molecule has 5 heteroatoms. The number of hydrogen-bond acceptors (Lipinski definition) is 3. The van der Waals surface area contributed by atoms with Gasteiger partial charge in [0.05, 0.1) is 11.7 Å². The molecular formula is C13H15N5. The third-order valence-corrected chi connectivity index (χ3v) is 3.99.